The molecule has 11 heteroatoms. The Balaban J connectivity index is 2.32. The highest BCUT2D eigenvalue weighted by Crippen LogP contribution is 2.27. The summed E-state index contributed by atoms with van der Waals surface area (Å²) in [5, 5.41) is 13.7. The average molecular weight is 449 g/mol. The molecule has 0 heterocycles. The first-order valence-corrected chi connectivity index (χ1v) is 11.2. The fourth-order valence-electron chi connectivity index (χ4n) is 2.93. The van der Waals surface area contributed by atoms with Gasteiger partial charge in [0, 0.05) is 17.8 Å². The van der Waals surface area contributed by atoms with Gasteiger partial charge in [-0.3, -0.25) is 19.2 Å². The van der Waals surface area contributed by atoms with Crippen LogP contribution >= 0.6 is 0 Å². The molecule has 0 aliphatic rings. The fourth-order valence-corrected chi connectivity index (χ4v) is 4.14. The lowest BCUT2D eigenvalue weighted by Crippen LogP contribution is -2.47. The van der Waals surface area contributed by atoms with Gasteiger partial charge in [-0.15, -0.1) is 0 Å². The SMILES string of the molecule is CCOC(=O)c1ccc(NC(=O)C(CC)N(c2cccc([N+](=O)[O-])c2)S(C)(=O)=O)cc1. The summed E-state index contributed by atoms with van der Waals surface area (Å²) in [6.07, 6.45) is 1.04. The molecule has 1 unspecified atom stereocenters. The minimum absolute atomic E-state index is 0.0105. The summed E-state index contributed by atoms with van der Waals surface area (Å²) in [4.78, 5) is 35.1. The van der Waals surface area contributed by atoms with E-state index in [9.17, 15) is 28.1 Å². The maximum atomic E-state index is 12.9. The van der Waals surface area contributed by atoms with Crippen LogP contribution in [0.2, 0.25) is 0 Å². The summed E-state index contributed by atoms with van der Waals surface area (Å²) in [5.41, 5.74) is 0.373. The van der Waals surface area contributed by atoms with Gasteiger partial charge in [-0.1, -0.05) is 13.0 Å². The number of esters is 1. The predicted molar refractivity (Wildman–Crippen MR) is 116 cm³/mol. The molecule has 0 radical (unpaired) electrons. The van der Waals surface area contributed by atoms with Gasteiger partial charge in [-0.25, -0.2) is 13.2 Å². The molecule has 31 heavy (non-hydrogen) atoms. The molecule has 0 aliphatic carbocycles. The number of rotatable bonds is 9. The van der Waals surface area contributed by atoms with E-state index in [-0.39, 0.29) is 24.4 Å². The van der Waals surface area contributed by atoms with Crippen LogP contribution in [0.3, 0.4) is 0 Å². The molecule has 0 bridgehead atoms. The van der Waals surface area contributed by atoms with Gasteiger partial charge in [0.1, 0.15) is 6.04 Å². The summed E-state index contributed by atoms with van der Waals surface area (Å²) in [6.45, 7) is 3.55. The number of nitrogens with one attached hydrogen (secondary N) is 1. The molecular weight excluding hydrogens is 426 g/mol. The van der Waals surface area contributed by atoms with Crippen LogP contribution in [0.4, 0.5) is 17.1 Å². The van der Waals surface area contributed by atoms with Crippen molar-refractivity contribution in [3.63, 3.8) is 0 Å². The van der Waals surface area contributed by atoms with Crippen molar-refractivity contribution >= 4 is 39.0 Å². The van der Waals surface area contributed by atoms with Gasteiger partial charge < -0.3 is 10.1 Å². The van der Waals surface area contributed by atoms with Crippen LogP contribution in [0.15, 0.2) is 48.5 Å². The summed E-state index contributed by atoms with van der Waals surface area (Å²) >= 11 is 0. The van der Waals surface area contributed by atoms with Crippen LogP contribution in [0, 0.1) is 10.1 Å². The highest BCUT2D eigenvalue weighted by atomic mass is 32.2. The Morgan fingerprint density at radius 1 is 1.16 bits per heavy atom. The van der Waals surface area contributed by atoms with E-state index in [1.165, 1.54) is 42.5 Å². The zero-order valence-electron chi connectivity index (χ0n) is 17.3. The smallest absolute Gasteiger partial charge is 0.338 e. The molecule has 0 aromatic heterocycles. The number of hydrogen-bond acceptors (Lipinski definition) is 7. The first kappa shape index (κ1) is 23.8. The number of anilines is 2. The molecule has 0 aliphatic heterocycles. The third-order valence-corrected chi connectivity index (χ3v) is 5.47. The van der Waals surface area contributed by atoms with Crippen LogP contribution < -0.4 is 9.62 Å². The summed E-state index contributed by atoms with van der Waals surface area (Å²) in [6, 6.07) is 9.86. The molecule has 10 nitrogen and oxygen atoms in total. The second-order valence-electron chi connectivity index (χ2n) is 6.55. The van der Waals surface area contributed by atoms with Crippen LogP contribution in [-0.2, 0) is 19.6 Å². The number of ether oxygens (including phenoxy) is 1. The number of sulfonamides is 1. The van der Waals surface area contributed by atoms with Gasteiger partial charge >= 0.3 is 5.97 Å². The van der Waals surface area contributed by atoms with Gasteiger partial charge in [0.15, 0.2) is 0 Å². The average Bonchev–Trinajstić information content (AvgIpc) is 2.71. The molecule has 2 aromatic carbocycles. The predicted octanol–water partition coefficient (Wildman–Crippen LogP) is 2.95. The van der Waals surface area contributed by atoms with Crippen molar-refractivity contribution in [2.75, 3.05) is 22.5 Å². The first-order valence-electron chi connectivity index (χ1n) is 9.40. The zero-order chi connectivity index (χ0) is 23.2. The summed E-state index contributed by atoms with van der Waals surface area (Å²) < 4.78 is 30.7. The lowest BCUT2D eigenvalue weighted by molar-refractivity contribution is -0.384. The fraction of sp³-hybridized carbons (Fsp3) is 0.300. The van der Waals surface area contributed by atoms with Crippen molar-refractivity contribution in [2.45, 2.75) is 26.3 Å². The molecule has 0 saturated carbocycles. The molecule has 1 amide bonds. The Hall–Kier alpha value is -3.47. The van der Waals surface area contributed by atoms with E-state index >= 15 is 0 Å². The zero-order valence-corrected chi connectivity index (χ0v) is 18.1. The largest absolute Gasteiger partial charge is 0.462 e. The summed E-state index contributed by atoms with van der Waals surface area (Å²) in [7, 11) is -3.94. The monoisotopic (exact) mass is 449 g/mol. The molecule has 166 valence electrons. The molecular formula is C20H23N3O7S. The van der Waals surface area contributed by atoms with Crippen LogP contribution in [0.5, 0.6) is 0 Å². The van der Waals surface area contributed by atoms with Gasteiger partial charge in [0.05, 0.1) is 29.0 Å². The third kappa shape index (κ3) is 6.01. The minimum Gasteiger partial charge on any atom is -0.462 e. The maximum absolute atomic E-state index is 12.9. The molecule has 0 saturated heterocycles. The minimum atomic E-state index is -3.94. The number of nitro benzene ring substituents is 1. The topological polar surface area (TPSA) is 136 Å². The van der Waals surface area contributed by atoms with E-state index in [4.69, 9.17) is 4.74 Å². The van der Waals surface area contributed by atoms with Crippen molar-refractivity contribution in [2.24, 2.45) is 0 Å². The second-order valence-corrected chi connectivity index (χ2v) is 8.41. The van der Waals surface area contributed by atoms with Crippen molar-refractivity contribution < 1.29 is 27.7 Å². The number of hydrogen-bond donors (Lipinski definition) is 1. The van der Waals surface area contributed by atoms with E-state index in [2.05, 4.69) is 5.32 Å². The number of amides is 1. The van der Waals surface area contributed by atoms with Gasteiger partial charge in [0.2, 0.25) is 15.9 Å². The number of carbonyl (C=O) groups excluding carboxylic acids is 2. The highest BCUT2D eigenvalue weighted by molar-refractivity contribution is 7.92. The number of nitro groups is 1. The van der Waals surface area contributed by atoms with Gasteiger partial charge in [-0.05, 0) is 43.7 Å². The van der Waals surface area contributed by atoms with Crippen molar-refractivity contribution in [1.82, 2.24) is 0 Å². The second kappa shape index (κ2) is 10.0. The van der Waals surface area contributed by atoms with E-state index in [0.29, 0.717) is 11.3 Å². The molecule has 2 rings (SSSR count). The van der Waals surface area contributed by atoms with Crippen molar-refractivity contribution in [1.29, 1.82) is 0 Å². The Kier molecular flexibility index (Phi) is 7.70. The van der Waals surface area contributed by atoms with E-state index in [0.717, 1.165) is 16.6 Å². The quantitative estimate of drug-likeness (QED) is 0.353. The number of carbonyl (C=O) groups is 2. The molecule has 0 fully saturated rings. The molecule has 0 spiro atoms. The standard InChI is InChI=1S/C20H23N3O7S/c1-4-18(19(24)21-15-11-9-14(10-12-15)20(25)30-5-2)22(31(3,28)29)16-7-6-8-17(13-16)23(26)27/h6-13,18H,4-5H2,1-3H3,(H,21,24). The Labute approximate surface area is 180 Å². The Morgan fingerprint density at radius 2 is 1.81 bits per heavy atom. The lowest BCUT2D eigenvalue weighted by Gasteiger charge is -2.30. The molecule has 1 atom stereocenters. The van der Waals surface area contributed by atoms with Gasteiger partial charge in [0.25, 0.3) is 5.69 Å². The van der Waals surface area contributed by atoms with Crippen LogP contribution in [0.1, 0.15) is 30.6 Å². The normalized spacial score (nSPS) is 12.0. The number of nitrogens with zero attached hydrogens (tertiary/aromatic N) is 2. The van der Waals surface area contributed by atoms with Crippen molar-refractivity contribution in [3.8, 4) is 0 Å². The Bertz CT molecular complexity index is 1070. The lowest BCUT2D eigenvalue weighted by atomic mass is 10.1. The van der Waals surface area contributed by atoms with Crippen LogP contribution in [-0.4, -0.2) is 44.1 Å². The van der Waals surface area contributed by atoms with Crippen molar-refractivity contribution in [3.05, 3.63) is 64.2 Å². The third-order valence-electron chi connectivity index (χ3n) is 4.29. The number of benzene rings is 2. The molecule has 2 aromatic rings. The maximum Gasteiger partial charge on any atom is 0.338 e. The Morgan fingerprint density at radius 3 is 2.32 bits per heavy atom. The van der Waals surface area contributed by atoms with E-state index in [1.54, 1.807) is 13.8 Å². The van der Waals surface area contributed by atoms with Gasteiger partial charge in [-0.2, -0.15) is 0 Å². The highest BCUT2D eigenvalue weighted by Gasteiger charge is 2.32. The van der Waals surface area contributed by atoms with E-state index < -0.39 is 32.9 Å². The number of non-ortho nitro benzene ring substituents is 1. The van der Waals surface area contributed by atoms with E-state index in [1.807, 2.05) is 0 Å². The molecule has 1 N–H and O–H groups in total. The van der Waals surface area contributed by atoms with Crippen LogP contribution in [0.25, 0.3) is 0 Å². The summed E-state index contributed by atoms with van der Waals surface area (Å²) in [5.74, 6) is -1.12. The first-order chi connectivity index (χ1) is 14.6.